The summed E-state index contributed by atoms with van der Waals surface area (Å²) in [7, 11) is 3.16. The number of rotatable bonds is 4. The predicted molar refractivity (Wildman–Crippen MR) is 76.0 cm³/mol. The summed E-state index contributed by atoms with van der Waals surface area (Å²) < 4.78 is 16.6. The van der Waals surface area contributed by atoms with E-state index in [2.05, 4.69) is 5.27 Å². The van der Waals surface area contributed by atoms with Crippen molar-refractivity contribution in [3.8, 4) is 34.4 Å². The number of ether oxygens (including phenoxy) is 2. The predicted octanol–water partition coefficient (Wildman–Crippen LogP) is 1.71. The molecule has 0 saturated carbocycles. The number of benzene rings is 2. The lowest BCUT2D eigenvalue weighted by Crippen LogP contribution is -2.34. The van der Waals surface area contributed by atoms with Crippen molar-refractivity contribution in [2.45, 2.75) is 0 Å². The Kier molecular flexibility index (Phi) is 3.65. The Morgan fingerprint density at radius 3 is 2.41 bits per heavy atom. The lowest BCUT2D eigenvalue weighted by atomic mass is 10.1. The van der Waals surface area contributed by atoms with Crippen molar-refractivity contribution in [3.05, 3.63) is 48.5 Å². The quantitative estimate of drug-likeness (QED) is 0.686. The van der Waals surface area contributed by atoms with Crippen LogP contribution in [-0.4, -0.2) is 19.5 Å². The zero-order valence-corrected chi connectivity index (χ0v) is 12.1. The van der Waals surface area contributed by atoms with E-state index in [1.54, 1.807) is 62.8 Å². The Bertz CT molecular complexity index is 781. The molecule has 1 aromatic heterocycles. The Morgan fingerprint density at radius 1 is 1.00 bits per heavy atom. The SMILES string of the molecule is COc1ccc(-[n+]2noc([O-])c2-c2cccc(OC)c2)cc1. The van der Waals surface area contributed by atoms with Gasteiger partial charge in [-0.25, -0.2) is 0 Å². The molecular formula is C16H14N2O4. The summed E-state index contributed by atoms with van der Waals surface area (Å²) in [4.78, 5) is 0. The largest absolute Gasteiger partial charge is 0.539 e. The van der Waals surface area contributed by atoms with E-state index in [9.17, 15) is 5.11 Å². The fraction of sp³-hybridized carbons (Fsp3) is 0.125. The van der Waals surface area contributed by atoms with Gasteiger partial charge in [0.05, 0.1) is 25.1 Å². The Balaban J connectivity index is 2.10. The standard InChI is InChI=1S/C16H14N2O4/c1-20-13-8-6-12(7-9-13)18-15(16(19)22-17-18)11-4-3-5-14(10-11)21-2/h3-10H,1-2H3. The molecule has 0 atom stereocenters. The zero-order valence-electron chi connectivity index (χ0n) is 12.1. The van der Waals surface area contributed by atoms with Crippen LogP contribution in [0.4, 0.5) is 0 Å². The maximum atomic E-state index is 12.0. The molecule has 0 aliphatic carbocycles. The first-order chi connectivity index (χ1) is 10.7. The monoisotopic (exact) mass is 298 g/mol. The molecule has 0 spiro atoms. The van der Waals surface area contributed by atoms with Gasteiger partial charge in [-0.3, -0.25) is 0 Å². The average Bonchev–Trinajstić information content (AvgIpc) is 2.96. The molecule has 0 N–H and O–H groups in total. The molecule has 112 valence electrons. The van der Waals surface area contributed by atoms with Crippen molar-refractivity contribution >= 4 is 0 Å². The van der Waals surface area contributed by atoms with Gasteiger partial charge in [-0.2, -0.15) is 0 Å². The van der Waals surface area contributed by atoms with Crippen molar-refractivity contribution in [2.24, 2.45) is 0 Å². The van der Waals surface area contributed by atoms with Crippen LogP contribution < -0.4 is 19.3 Å². The molecule has 3 aromatic rings. The lowest BCUT2D eigenvalue weighted by molar-refractivity contribution is -0.660. The first-order valence-corrected chi connectivity index (χ1v) is 6.61. The Morgan fingerprint density at radius 2 is 1.73 bits per heavy atom. The number of methoxy groups -OCH3 is 2. The van der Waals surface area contributed by atoms with Crippen LogP contribution in [0.5, 0.6) is 17.4 Å². The molecule has 0 amide bonds. The van der Waals surface area contributed by atoms with Crippen LogP contribution in [0.1, 0.15) is 0 Å². The van der Waals surface area contributed by atoms with E-state index < -0.39 is 5.95 Å². The number of nitrogens with zero attached hydrogens (tertiary/aromatic N) is 2. The summed E-state index contributed by atoms with van der Waals surface area (Å²) in [6.45, 7) is 0. The van der Waals surface area contributed by atoms with Crippen molar-refractivity contribution in [2.75, 3.05) is 14.2 Å². The lowest BCUT2D eigenvalue weighted by Gasteiger charge is -2.02. The molecule has 3 rings (SSSR count). The van der Waals surface area contributed by atoms with Gasteiger partial charge < -0.3 is 19.1 Å². The van der Waals surface area contributed by atoms with Gasteiger partial charge in [-0.05, 0) is 35.0 Å². The molecule has 1 heterocycles. The highest BCUT2D eigenvalue weighted by Crippen LogP contribution is 2.27. The van der Waals surface area contributed by atoms with E-state index in [0.29, 0.717) is 22.7 Å². The summed E-state index contributed by atoms with van der Waals surface area (Å²) >= 11 is 0. The molecule has 22 heavy (non-hydrogen) atoms. The Hall–Kier alpha value is -3.02. The van der Waals surface area contributed by atoms with Gasteiger partial charge in [-0.15, -0.1) is 0 Å². The first kappa shape index (κ1) is 13.9. The first-order valence-electron chi connectivity index (χ1n) is 6.61. The molecule has 0 bridgehead atoms. The third-order valence-electron chi connectivity index (χ3n) is 3.27. The van der Waals surface area contributed by atoms with Crippen LogP contribution in [0, 0.1) is 0 Å². The average molecular weight is 298 g/mol. The molecule has 6 heteroatoms. The summed E-state index contributed by atoms with van der Waals surface area (Å²) in [5.41, 5.74) is 1.70. The van der Waals surface area contributed by atoms with Gasteiger partial charge >= 0.3 is 0 Å². The molecule has 0 aliphatic heterocycles. The topological polar surface area (TPSA) is 71.4 Å². The molecule has 2 aromatic carbocycles. The van der Waals surface area contributed by atoms with Crippen LogP contribution >= 0.6 is 0 Å². The van der Waals surface area contributed by atoms with Crippen LogP contribution in [-0.2, 0) is 0 Å². The Labute approximate surface area is 127 Å². The minimum atomic E-state index is -0.510. The number of hydrogen-bond acceptors (Lipinski definition) is 5. The van der Waals surface area contributed by atoms with Crippen molar-refractivity contribution in [3.63, 3.8) is 0 Å². The van der Waals surface area contributed by atoms with Gasteiger partial charge in [0.25, 0.3) is 5.69 Å². The summed E-state index contributed by atoms with van der Waals surface area (Å²) in [6.07, 6.45) is 0. The van der Waals surface area contributed by atoms with Crippen molar-refractivity contribution in [1.29, 1.82) is 0 Å². The highest BCUT2D eigenvalue weighted by atomic mass is 16.6. The normalized spacial score (nSPS) is 10.5. The zero-order chi connectivity index (χ0) is 15.5. The minimum absolute atomic E-state index is 0.337. The summed E-state index contributed by atoms with van der Waals surface area (Å²) in [6, 6.07) is 14.3. The van der Waals surface area contributed by atoms with Crippen LogP contribution in [0.15, 0.2) is 53.1 Å². The fourth-order valence-electron chi connectivity index (χ4n) is 2.16. The second-order valence-corrected chi connectivity index (χ2v) is 4.55. The molecular weight excluding hydrogens is 284 g/mol. The van der Waals surface area contributed by atoms with Crippen molar-refractivity contribution in [1.82, 2.24) is 5.27 Å². The molecule has 0 aliphatic rings. The van der Waals surface area contributed by atoms with Gasteiger partial charge in [0.1, 0.15) is 11.5 Å². The highest BCUT2D eigenvalue weighted by molar-refractivity contribution is 5.62. The molecule has 0 unspecified atom stereocenters. The van der Waals surface area contributed by atoms with E-state index in [-0.39, 0.29) is 0 Å². The van der Waals surface area contributed by atoms with Gasteiger partial charge in [0, 0.05) is 12.1 Å². The van der Waals surface area contributed by atoms with Gasteiger partial charge in [0.15, 0.2) is 5.95 Å². The molecule has 0 fully saturated rings. The van der Waals surface area contributed by atoms with Gasteiger partial charge in [0.2, 0.25) is 5.69 Å². The molecule has 6 nitrogen and oxygen atoms in total. The minimum Gasteiger partial charge on any atom is -0.539 e. The van der Waals surface area contributed by atoms with Crippen LogP contribution in [0.3, 0.4) is 0 Å². The smallest absolute Gasteiger partial charge is 0.270 e. The van der Waals surface area contributed by atoms with E-state index in [1.165, 1.54) is 4.68 Å². The molecule has 0 saturated heterocycles. The van der Waals surface area contributed by atoms with Crippen LogP contribution in [0.2, 0.25) is 0 Å². The van der Waals surface area contributed by atoms with E-state index in [4.69, 9.17) is 14.0 Å². The van der Waals surface area contributed by atoms with Crippen LogP contribution in [0.25, 0.3) is 16.9 Å². The fourth-order valence-corrected chi connectivity index (χ4v) is 2.16. The summed E-state index contributed by atoms with van der Waals surface area (Å²) in [5.74, 6) is 0.863. The third-order valence-corrected chi connectivity index (χ3v) is 3.27. The maximum absolute atomic E-state index is 12.0. The van der Waals surface area contributed by atoms with E-state index >= 15 is 0 Å². The number of aromatic nitrogens is 2. The maximum Gasteiger partial charge on any atom is 0.270 e. The number of hydrogen-bond donors (Lipinski definition) is 0. The van der Waals surface area contributed by atoms with Gasteiger partial charge in [-0.1, -0.05) is 6.07 Å². The second kappa shape index (κ2) is 5.77. The van der Waals surface area contributed by atoms with E-state index in [0.717, 1.165) is 5.75 Å². The second-order valence-electron chi connectivity index (χ2n) is 4.55. The van der Waals surface area contributed by atoms with E-state index in [1.807, 2.05) is 0 Å². The third kappa shape index (κ3) is 2.46. The molecule has 0 radical (unpaired) electrons. The summed E-state index contributed by atoms with van der Waals surface area (Å²) in [5, 5.41) is 15.8. The van der Waals surface area contributed by atoms with Crippen molar-refractivity contribution < 1.29 is 23.8 Å². The highest BCUT2D eigenvalue weighted by Gasteiger charge is 2.22.